The molecule has 3 nitrogen and oxygen atoms in total. The quantitative estimate of drug-likeness (QED) is 0.913. The van der Waals surface area contributed by atoms with Crippen LogP contribution in [0.4, 0.5) is 0 Å². The van der Waals surface area contributed by atoms with Gasteiger partial charge in [0.05, 0.1) is 11.7 Å². The Morgan fingerprint density at radius 3 is 2.40 bits per heavy atom. The molecule has 1 heterocycles. The van der Waals surface area contributed by atoms with Crippen LogP contribution >= 0.6 is 0 Å². The Morgan fingerprint density at radius 2 is 1.85 bits per heavy atom. The average molecular weight is 275 g/mol. The first-order chi connectivity index (χ1) is 9.34. The molecule has 112 valence electrons. The highest BCUT2D eigenvalue weighted by molar-refractivity contribution is 5.17. The molecule has 1 aromatic heterocycles. The highest BCUT2D eigenvalue weighted by Crippen LogP contribution is 2.69. The molecule has 0 aliphatic heterocycles. The van der Waals surface area contributed by atoms with Crippen LogP contribution in [-0.4, -0.2) is 15.8 Å². The number of nitrogens with two attached hydrogens (primary N) is 1. The summed E-state index contributed by atoms with van der Waals surface area (Å²) in [5, 5.41) is 4.77. The van der Waals surface area contributed by atoms with Crippen molar-refractivity contribution < 1.29 is 0 Å². The van der Waals surface area contributed by atoms with Gasteiger partial charge in [0.2, 0.25) is 0 Å². The topological polar surface area (TPSA) is 43.8 Å². The largest absolute Gasteiger partial charge is 0.327 e. The number of hydrogen-bond acceptors (Lipinski definition) is 2. The molecule has 0 amide bonds. The van der Waals surface area contributed by atoms with E-state index in [1.165, 1.54) is 31.4 Å². The molecule has 0 bridgehead atoms. The van der Waals surface area contributed by atoms with Gasteiger partial charge in [-0.15, -0.1) is 0 Å². The van der Waals surface area contributed by atoms with Gasteiger partial charge in [-0.05, 0) is 35.7 Å². The second kappa shape index (κ2) is 4.59. The molecule has 1 unspecified atom stereocenters. The lowest BCUT2D eigenvalue weighted by Crippen LogP contribution is -2.28. The molecule has 0 saturated heterocycles. The predicted molar refractivity (Wildman–Crippen MR) is 82.5 cm³/mol. The predicted octanol–water partition coefficient (Wildman–Crippen LogP) is 3.55. The second-order valence-electron chi connectivity index (χ2n) is 8.01. The number of rotatable bonds is 4. The van der Waals surface area contributed by atoms with E-state index in [1.54, 1.807) is 0 Å². The monoisotopic (exact) mass is 275 g/mol. The van der Waals surface area contributed by atoms with E-state index in [1.807, 2.05) is 0 Å². The molecule has 2 aliphatic rings. The molecule has 3 heteroatoms. The van der Waals surface area contributed by atoms with Gasteiger partial charge in [-0.2, -0.15) is 5.10 Å². The lowest BCUT2D eigenvalue weighted by molar-refractivity contribution is 0.448. The van der Waals surface area contributed by atoms with E-state index in [-0.39, 0.29) is 6.04 Å². The minimum absolute atomic E-state index is 0.229. The molecule has 3 rings (SSSR count). The second-order valence-corrected chi connectivity index (χ2v) is 8.01. The van der Waals surface area contributed by atoms with Crippen LogP contribution in [-0.2, 0) is 6.42 Å². The fourth-order valence-corrected chi connectivity index (χ4v) is 4.54. The van der Waals surface area contributed by atoms with Crippen LogP contribution < -0.4 is 5.73 Å². The van der Waals surface area contributed by atoms with Crippen LogP contribution in [0.2, 0.25) is 0 Å². The molecule has 2 fully saturated rings. The molecule has 0 radical (unpaired) electrons. The SMILES string of the molecule is CC1(C)C(C(N)Cc2ccn(C3CCCC3)n2)C1(C)C. The van der Waals surface area contributed by atoms with E-state index in [0.29, 0.717) is 22.8 Å². The van der Waals surface area contributed by atoms with Crippen LogP contribution in [0.3, 0.4) is 0 Å². The molecular formula is C17H29N3. The Morgan fingerprint density at radius 1 is 1.25 bits per heavy atom. The summed E-state index contributed by atoms with van der Waals surface area (Å²) < 4.78 is 2.18. The van der Waals surface area contributed by atoms with Gasteiger partial charge in [-0.25, -0.2) is 0 Å². The van der Waals surface area contributed by atoms with Crippen molar-refractivity contribution in [2.75, 3.05) is 0 Å². The molecular weight excluding hydrogens is 246 g/mol. The maximum atomic E-state index is 6.48. The highest BCUT2D eigenvalue weighted by Gasteiger charge is 2.66. The third-order valence-corrected chi connectivity index (χ3v) is 6.37. The molecule has 2 N–H and O–H groups in total. The Hall–Kier alpha value is -0.830. The van der Waals surface area contributed by atoms with Gasteiger partial charge < -0.3 is 5.73 Å². The minimum Gasteiger partial charge on any atom is -0.327 e. The summed E-state index contributed by atoms with van der Waals surface area (Å²) in [5.41, 5.74) is 8.37. The van der Waals surface area contributed by atoms with Crippen LogP contribution in [0.5, 0.6) is 0 Å². The molecule has 2 saturated carbocycles. The number of aromatic nitrogens is 2. The van der Waals surface area contributed by atoms with E-state index in [0.717, 1.165) is 6.42 Å². The van der Waals surface area contributed by atoms with Crippen LogP contribution in [0.1, 0.15) is 65.1 Å². The Kier molecular flexibility index (Phi) is 3.24. The van der Waals surface area contributed by atoms with E-state index < -0.39 is 0 Å². The third kappa shape index (κ3) is 2.11. The van der Waals surface area contributed by atoms with Gasteiger partial charge in [0.1, 0.15) is 0 Å². The Balaban J connectivity index is 1.64. The van der Waals surface area contributed by atoms with E-state index in [9.17, 15) is 0 Å². The molecule has 0 spiro atoms. The summed E-state index contributed by atoms with van der Waals surface area (Å²) in [6, 6.07) is 3.03. The first-order valence-corrected chi connectivity index (χ1v) is 8.13. The third-order valence-electron chi connectivity index (χ3n) is 6.37. The summed E-state index contributed by atoms with van der Waals surface area (Å²) in [6.45, 7) is 9.37. The summed E-state index contributed by atoms with van der Waals surface area (Å²) >= 11 is 0. The zero-order valence-electron chi connectivity index (χ0n) is 13.4. The van der Waals surface area contributed by atoms with Gasteiger partial charge in [-0.3, -0.25) is 4.68 Å². The van der Waals surface area contributed by atoms with E-state index >= 15 is 0 Å². The van der Waals surface area contributed by atoms with Gasteiger partial charge in [0, 0.05) is 18.7 Å². The standard InChI is InChI=1S/C17H29N3/c1-16(2)15(17(16,3)4)14(18)11-12-9-10-20(19-12)13-7-5-6-8-13/h9-10,13-15H,5-8,11,18H2,1-4H3. The Bertz CT molecular complexity index is 466. The number of nitrogens with zero attached hydrogens (tertiary/aromatic N) is 2. The maximum absolute atomic E-state index is 6.48. The normalized spacial score (nSPS) is 26.9. The lowest BCUT2D eigenvalue weighted by atomic mass is 10.0. The van der Waals surface area contributed by atoms with Crippen molar-refractivity contribution in [1.29, 1.82) is 0 Å². The van der Waals surface area contributed by atoms with Crippen molar-refractivity contribution in [3.8, 4) is 0 Å². The molecule has 2 aliphatic carbocycles. The average Bonchev–Trinajstić information content (AvgIpc) is 2.82. The maximum Gasteiger partial charge on any atom is 0.0640 e. The number of hydrogen-bond donors (Lipinski definition) is 1. The van der Waals surface area contributed by atoms with E-state index in [4.69, 9.17) is 10.8 Å². The first kappa shape index (κ1) is 14.1. The van der Waals surface area contributed by atoms with Crippen LogP contribution in [0, 0.1) is 16.7 Å². The van der Waals surface area contributed by atoms with Crippen LogP contribution in [0.15, 0.2) is 12.3 Å². The van der Waals surface area contributed by atoms with Gasteiger partial charge >= 0.3 is 0 Å². The minimum atomic E-state index is 0.229. The van der Waals surface area contributed by atoms with Crippen molar-refractivity contribution in [2.24, 2.45) is 22.5 Å². The fourth-order valence-electron chi connectivity index (χ4n) is 4.54. The van der Waals surface area contributed by atoms with Crippen molar-refractivity contribution in [3.63, 3.8) is 0 Å². The summed E-state index contributed by atoms with van der Waals surface area (Å²) in [7, 11) is 0. The smallest absolute Gasteiger partial charge is 0.0640 e. The fraction of sp³-hybridized carbons (Fsp3) is 0.824. The van der Waals surface area contributed by atoms with Crippen molar-refractivity contribution >= 4 is 0 Å². The molecule has 1 atom stereocenters. The summed E-state index contributed by atoms with van der Waals surface area (Å²) in [6.07, 6.45) is 8.35. The Labute approximate surface area is 122 Å². The first-order valence-electron chi connectivity index (χ1n) is 8.13. The van der Waals surface area contributed by atoms with Gasteiger partial charge in [0.15, 0.2) is 0 Å². The highest BCUT2D eigenvalue weighted by atomic mass is 15.3. The lowest BCUT2D eigenvalue weighted by Gasteiger charge is -2.13. The molecule has 0 aromatic carbocycles. The zero-order chi connectivity index (χ0) is 14.5. The van der Waals surface area contributed by atoms with Crippen molar-refractivity contribution in [2.45, 2.75) is 71.9 Å². The van der Waals surface area contributed by atoms with E-state index in [2.05, 4.69) is 44.6 Å². The van der Waals surface area contributed by atoms with Crippen molar-refractivity contribution in [1.82, 2.24) is 9.78 Å². The van der Waals surface area contributed by atoms with Crippen molar-refractivity contribution in [3.05, 3.63) is 18.0 Å². The zero-order valence-corrected chi connectivity index (χ0v) is 13.4. The summed E-state index contributed by atoms with van der Waals surface area (Å²) in [5.74, 6) is 0.603. The molecule has 1 aromatic rings. The molecule has 20 heavy (non-hydrogen) atoms. The van der Waals surface area contributed by atoms with Gasteiger partial charge in [0.25, 0.3) is 0 Å². The summed E-state index contributed by atoms with van der Waals surface area (Å²) in [4.78, 5) is 0. The van der Waals surface area contributed by atoms with Gasteiger partial charge in [-0.1, -0.05) is 40.5 Å². The van der Waals surface area contributed by atoms with Crippen LogP contribution in [0.25, 0.3) is 0 Å².